The highest BCUT2D eigenvalue weighted by molar-refractivity contribution is 8.15. The fraction of sp³-hybridized carbons (Fsp3) is 0.273. The van der Waals surface area contributed by atoms with Crippen LogP contribution in [0.2, 0.25) is 0 Å². The predicted molar refractivity (Wildman–Crippen MR) is 114 cm³/mol. The molecule has 2 aromatic rings. The normalized spacial score (nSPS) is 17.7. The fourth-order valence-corrected chi connectivity index (χ4v) is 4.40. The lowest BCUT2D eigenvalue weighted by atomic mass is 10.1. The Morgan fingerprint density at radius 3 is 2.35 bits per heavy atom. The van der Waals surface area contributed by atoms with Crippen LogP contribution >= 0.6 is 11.8 Å². The van der Waals surface area contributed by atoms with E-state index in [9.17, 15) is 19.2 Å². The molecular formula is C22H20N2O6S. The molecular weight excluding hydrogens is 420 g/mol. The molecule has 1 unspecified atom stereocenters. The molecule has 0 bridgehead atoms. The highest BCUT2D eigenvalue weighted by atomic mass is 32.2. The summed E-state index contributed by atoms with van der Waals surface area (Å²) in [5.74, 6) is 0.271. The summed E-state index contributed by atoms with van der Waals surface area (Å²) in [5, 5.41) is 1.39. The van der Waals surface area contributed by atoms with Crippen LogP contribution in [0.1, 0.15) is 32.7 Å². The average molecular weight is 440 g/mol. The summed E-state index contributed by atoms with van der Waals surface area (Å²) in [6.07, 6.45) is 0.765. The molecule has 2 aliphatic heterocycles. The van der Waals surface area contributed by atoms with Crippen molar-refractivity contribution >= 4 is 34.7 Å². The van der Waals surface area contributed by atoms with Crippen molar-refractivity contribution in [2.24, 2.45) is 0 Å². The van der Waals surface area contributed by atoms with Gasteiger partial charge < -0.3 is 9.47 Å². The standard InChI is InChI=1S/C22H20N2O6S/c1-29-14-7-8-17(13(11-14)12-18-19(25)23-22(28)31-18)30-10-4-9-24-20(26)15-5-2-3-6-16(15)21(24)27/h2-3,5-8,11,18H,4,9-10,12H2,1H3,(H,23,25,28). The average Bonchev–Trinajstić information content (AvgIpc) is 3.21. The number of hydrogen-bond donors (Lipinski definition) is 1. The smallest absolute Gasteiger partial charge is 0.286 e. The van der Waals surface area contributed by atoms with E-state index in [4.69, 9.17) is 9.47 Å². The quantitative estimate of drug-likeness (QED) is 0.497. The second-order valence-electron chi connectivity index (χ2n) is 7.07. The fourth-order valence-electron chi connectivity index (χ4n) is 3.56. The zero-order chi connectivity index (χ0) is 22.0. The lowest BCUT2D eigenvalue weighted by molar-refractivity contribution is -0.118. The highest BCUT2D eigenvalue weighted by Crippen LogP contribution is 2.30. The Balaban J connectivity index is 1.38. The Morgan fingerprint density at radius 2 is 1.74 bits per heavy atom. The van der Waals surface area contributed by atoms with Crippen molar-refractivity contribution < 1.29 is 28.7 Å². The molecule has 31 heavy (non-hydrogen) atoms. The molecule has 8 nitrogen and oxygen atoms in total. The maximum atomic E-state index is 12.4. The lowest BCUT2D eigenvalue weighted by Gasteiger charge is -2.16. The topological polar surface area (TPSA) is 102 Å². The van der Waals surface area contributed by atoms with Gasteiger partial charge in [-0.25, -0.2) is 0 Å². The van der Waals surface area contributed by atoms with Crippen LogP contribution in [-0.4, -0.2) is 53.4 Å². The number of methoxy groups -OCH3 is 1. The Hall–Kier alpha value is -3.33. The molecule has 4 rings (SSSR count). The van der Waals surface area contributed by atoms with Gasteiger partial charge in [-0.15, -0.1) is 0 Å². The Kier molecular flexibility index (Phi) is 5.94. The summed E-state index contributed by atoms with van der Waals surface area (Å²) in [5.41, 5.74) is 1.59. The molecule has 1 atom stereocenters. The van der Waals surface area contributed by atoms with Crippen molar-refractivity contribution in [3.63, 3.8) is 0 Å². The number of amides is 4. The second-order valence-corrected chi connectivity index (χ2v) is 8.25. The van der Waals surface area contributed by atoms with Crippen molar-refractivity contribution in [2.45, 2.75) is 18.1 Å². The first-order valence-electron chi connectivity index (χ1n) is 9.74. The third kappa shape index (κ3) is 4.27. The summed E-state index contributed by atoms with van der Waals surface area (Å²) >= 11 is 0.953. The molecule has 9 heteroatoms. The van der Waals surface area contributed by atoms with Crippen LogP contribution < -0.4 is 14.8 Å². The number of carbonyl (C=O) groups excluding carboxylic acids is 4. The van der Waals surface area contributed by atoms with Crippen molar-refractivity contribution in [1.29, 1.82) is 0 Å². The number of hydrogen-bond acceptors (Lipinski definition) is 7. The third-order valence-corrected chi connectivity index (χ3v) is 6.08. The maximum Gasteiger partial charge on any atom is 0.286 e. The minimum atomic E-state index is -0.527. The number of imide groups is 2. The zero-order valence-corrected chi connectivity index (χ0v) is 17.6. The van der Waals surface area contributed by atoms with E-state index >= 15 is 0 Å². The molecule has 0 aliphatic carbocycles. The number of fused-ring (bicyclic) bond motifs is 1. The van der Waals surface area contributed by atoms with Crippen LogP contribution in [0.15, 0.2) is 42.5 Å². The van der Waals surface area contributed by atoms with Gasteiger partial charge in [-0.1, -0.05) is 23.9 Å². The molecule has 2 heterocycles. The first-order valence-corrected chi connectivity index (χ1v) is 10.6. The molecule has 0 aromatic heterocycles. The van der Waals surface area contributed by atoms with Crippen LogP contribution in [0.5, 0.6) is 11.5 Å². The molecule has 0 saturated carbocycles. The van der Waals surface area contributed by atoms with Crippen molar-refractivity contribution in [1.82, 2.24) is 10.2 Å². The molecule has 2 aromatic carbocycles. The van der Waals surface area contributed by atoms with Gasteiger partial charge in [-0.3, -0.25) is 29.4 Å². The predicted octanol–water partition coefficient (Wildman–Crippen LogP) is 2.65. The maximum absolute atomic E-state index is 12.4. The molecule has 1 fully saturated rings. The van der Waals surface area contributed by atoms with E-state index < -0.39 is 5.25 Å². The minimum Gasteiger partial charge on any atom is -0.497 e. The van der Waals surface area contributed by atoms with E-state index in [0.717, 1.165) is 17.3 Å². The van der Waals surface area contributed by atoms with Crippen LogP contribution in [0.4, 0.5) is 4.79 Å². The SMILES string of the molecule is COc1ccc(OCCCN2C(=O)c3ccccc3C2=O)c(CC2SC(=O)NC2=O)c1. The van der Waals surface area contributed by atoms with E-state index in [2.05, 4.69) is 5.32 Å². The van der Waals surface area contributed by atoms with Crippen LogP contribution in [0, 0.1) is 0 Å². The molecule has 0 radical (unpaired) electrons. The first kappa shape index (κ1) is 20.9. The number of ether oxygens (including phenoxy) is 2. The summed E-state index contributed by atoms with van der Waals surface area (Å²) in [4.78, 5) is 49.5. The van der Waals surface area contributed by atoms with Gasteiger partial charge >= 0.3 is 0 Å². The number of carbonyl (C=O) groups is 4. The summed E-state index contributed by atoms with van der Waals surface area (Å²) in [6.45, 7) is 0.517. The molecule has 1 N–H and O–H groups in total. The Labute approximate surface area is 182 Å². The Morgan fingerprint density at radius 1 is 1.03 bits per heavy atom. The number of rotatable bonds is 8. The van der Waals surface area contributed by atoms with Crippen LogP contribution in [-0.2, 0) is 11.2 Å². The van der Waals surface area contributed by atoms with Crippen molar-refractivity contribution in [2.75, 3.05) is 20.3 Å². The third-order valence-electron chi connectivity index (χ3n) is 5.10. The minimum absolute atomic E-state index is 0.243. The molecule has 160 valence electrons. The van der Waals surface area contributed by atoms with Gasteiger partial charge in [0.25, 0.3) is 17.1 Å². The van der Waals surface area contributed by atoms with E-state index in [-0.39, 0.29) is 36.1 Å². The van der Waals surface area contributed by atoms with Gasteiger partial charge in [0.15, 0.2) is 0 Å². The van der Waals surface area contributed by atoms with Gasteiger partial charge in [-0.2, -0.15) is 0 Å². The highest BCUT2D eigenvalue weighted by Gasteiger charge is 2.35. The van der Waals surface area contributed by atoms with Crippen LogP contribution in [0.3, 0.4) is 0 Å². The number of nitrogens with zero attached hydrogens (tertiary/aromatic N) is 1. The Bertz CT molecular complexity index is 1030. The molecule has 1 saturated heterocycles. The summed E-state index contributed by atoms with van der Waals surface area (Å²) in [7, 11) is 1.54. The van der Waals surface area contributed by atoms with E-state index in [0.29, 0.717) is 35.5 Å². The first-order chi connectivity index (χ1) is 15.0. The van der Waals surface area contributed by atoms with Gasteiger partial charge in [-0.05, 0) is 48.7 Å². The van der Waals surface area contributed by atoms with Gasteiger partial charge in [0, 0.05) is 6.54 Å². The number of benzene rings is 2. The number of thioether (sulfide) groups is 1. The van der Waals surface area contributed by atoms with Gasteiger partial charge in [0.2, 0.25) is 5.91 Å². The van der Waals surface area contributed by atoms with Crippen LogP contribution in [0.25, 0.3) is 0 Å². The number of nitrogens with one attached hydrogen (secondary N) is 1. The van der Waals surface area contributed by atoms with Crippen molar-refractivity contribution in [3.8, 4) is 11.5 Å². The second kappa shape index (κ2) is 8.81. The van der Waals surface area contributed by atoms with E-state index in [1.807, 2.05) is 0 Å². The monoisotopic (exact) mass is 440 g/mol. The largest absolute Gasteiger partial charge is 0.497 e. The lowest BCUT2D eigenvalue weighted by Crippen LogP contribution is -2.31. The summed E-state index contributed by atoms with van der Waals surface area (Å²) in [6, 6.07) is 12.0. The zero-order valence-electron chi connectivity index (χ0n) is 16.8. The summed E-state index contributed by atoms with van der Waals surface area (Å²) < 4.78 is 11.1. The van der Waals surface area contributed by atoms with Crippen molar-refractivity contribution in [3.05, 3.63) is 59.2 Å². The molecule has 2 aliphatic rings. The molecule has 0 spiro atoms. The van der Waals surface area contributed by atoms with E-state index in [1.165, 1.54) is 4.90 Å². The van der Waals surface area contributed by atoms with E-state index in [1.54, 1.807) is 49.6 Å². The molecule has 4 amide bonds. The van der Waals surface area contributed by atoms with Gasteiger partial charge in [0.1, 0.15) is 11.5 Å². The van der Waals surface area contributed by atoms with Gasteiger partial charge in [0.05, 0.1) is 30.1 Å².